The molecule has 2 heterocycles. The first-order chi connectivity index (χ1) is 14.5. The first kappa shape index (κ1) is 18.6. The van der Waals surface area contributed by atoms with Crippen molar-refractivity contribution in [2.24, 2.45) is 0 Å². The molecule has 0 radical (unpaired) electrons. The lowest BCUT2D eigenvalue weighted by atomic mass is 9.90. The minimum atomic E-state index is -0.337. The molecule has 3 aromatic carbocycles. The van der Waals surface area contributed by atoms with Crippen LogP contribution in [0.3, 0.4) is 0 Å². The number of carbonyl (C=O) groups is 2. The van der Waals surface area contributed by atoms with Crippen LogP contribution in [0.5, 0.6) is 11.5 Å². The molecule has 0 bridgehead atoms. The van der Waals surface area contributed by atoms with Crippen molar-refractivity contribution in [1.82, 2.24) is 0 Å². The summed E-state index contributed by atoms with van der Waals surface area (Å²) in [6.45, 7) is 4.05. The number of ketones is 2. The molecule has 0 saturated carbocycles. The maximum Gasteiger partial charge on any atom is 0.170 e. The number of ether oxygens (including phenoxy) is 2. The van der Waals surface area contributed by atoms with E-state index in [1.807, 2.05) is 62.4 Å². The van der Waals surface area contributed by atoms with Gasteiger partial charge in [-0.05, 0) is 31.0 Å². The highest BCUT2D eigenvalue weighted by molar-refractivity contribution is 6.06. The van der Waals surface area contributed by atoms with Crippen LogP contribution in [-0.4, -0.2) is 11.6 Å². The number of carbonyl (C=O) groups excluding carboxylic acids is 2. The second-order valence-electron chi connectivity index (χ2n) is 8.13. The molecule has 0 aliphatic carbocycles. The molecule has 0 aromatic heterocycles. The SMILES string of the molecule is Cc1ccc([C@@H]2CC(=O)c3cc4c(cc3O2)O[C@@H](c2ccc(C)cc2)CC4=O)cc1. The van der Waals surface area contributed by atoms with E-state index in [0.29, 0.717) is 22.6 Å². The van der Waals surface area contributed by atoms with Gasteiger partial charge in [-0.2, -0.15) is 0 Å². The third kappa shape index (κ3) is 3.28. The number of Topliss-reactive ketones (excluding diaryl/α,β-unsaturated/α-hetero) is 2. The molecular weight excluding hydrogens is 376 g/mol. The van der Waals surface area contributed by atoms with Crippen molar-refractivity contribution in [3.63, 3.8) is 0 Å². The monoisotopic (exact) mass is 398 g/mol. The Kier molecular flexibility index (Phi) is 4.43. The van der Waals surface area contributed by atoms with Gasteiger partial charge in [0.05, 0.1) is 24.0 Å². The predicted octanol–water partition coefficient (Wildman–Crippen LogP) is 5.72. The molecule has 5 rings (SSSR count). The number of rotatable bonds is 2. The summed E-state index contributed by atoms with van der Waals surface area (Å²) in [4.78, 5) is 25.6. The first-order valence-corrected chi connectivity index (χ1v) is 10.2. The molecule has 0 spiro atoms. The van der Waals surface area contributed by atoms with E-state index in [0.717, 1.165) is 22.3 Å². The number of hydrogen-bond acceptors (Lipinski definition) is 4. The Morgan fingerprint density at radius 2 is 1.03 bits per heavy atom. The molecule has 0 N–H and O–H groups in total. The van der Waals surface area contributed by atoms with E-state index in [4.69, 9.17) is 9.47 Å². The molecule has 0 fully saturated rings. The molecular formula is C26H22O4. The van der Waals surface area contributed by atoms with Gasteiger partial charge >= 0.3 is 0 Å². The van der Waals surface area contributed by atoms with Gasteiger partial charge in [-0.3, -0.25) is 9.59 Å². The number of aryl methyl sites for hydroxylation is 2. The van der Waals surface area contributed by atoms with Crippen molar-refractivity contribution in [2.45, 2.75) is 38.9 Å². The molecule has 30 heavy (non-hydrogen) atoms. The van der Waals surface area contributed by atoms with Gasteiger partial charge in [-0.1, -0.05) is 59.7 Å². The maximum atomic E-state index is 12.8. The van der Waals surface area contributed by atoms with Crippen LogP contribution >= 0.6 is 0 Å². The first-order valence-electron chi connectivity index (χ1n) is 10.2. The lowest BCUT2D eigenvalue weighted by Gasteiger charge is -2.30. The minimum Gasteiger partial charge on any atom is -0.484 e. The average molecular weight is 398 g/mol. The Morgan fingerprint density at radius 1 is 0.633 bits per heavy atom. The largest absolute Gasteiger partial charge is 0.484 e. The zero-order chi connectivity index (χ0) is 20.8. The highest BCUT2D eigenvalue weighted by Crippen LogP contribution is 2.43. The molecule has 4 heteroatoms. The van der Waals surface area contributed by atoms with Crippen LogP contribution in [0.2, 0.25) is 0 Å². The van der Waals surface area contributed by atoms with E-state index >= 15 is 0 Å². The van der Waals surface area contributed by atoms with Crippen LogP contribution in [0.1, 0.15) is 68.0 Å². The average Bonchev–Trinajstić information content (AvgIpc) is 2.73. The highest BCUT2D eigenvalue weighted by atomic mass is 16.5. The van der Waals surface area contributed by atoms with E-state index in [9.17, 15) is 9.59 Å². The lowest BCUT2D eigenvalue weighted by Crippen LogP contribution is -2.24. The molecule has 0 unspecified atom stereocenters. The normalized spacial score (nSPS) is 20.1. The smallest absolute Gasteiger partial charge is 0.170 e. The summed E-state index contributed by atoms with van der Waals surface area (Å²) in [6, 6.07) is 19.4. The number of benzene rings is 3. The Bertz CT molecular complexity index is 1050. The van der Waals surface area contributed by atoms with Crippen molar-refractivity contribution >= 4 is 11.6 Å². The van der Waals surface area contributed by atoms with E-state index in [2.05, 4.69) is 0 Å². The Balaban J connectivity index is 1.48. The fraction of sp³-hybridized carbons (Fsp3) is 0.231. The van der Waals surface area contributed by atoms with Crippen LogP contribution in [0.15, 0.2) is 60.7 Å². The Morgan fingerprint density at radius 3 is 1.43 bits per heavy atom. The van der Waals surface area contributed by atoms with E-state index in [1.165, 1.54) is 0 Å². The molecule has 2 atom stereocenters. The summed E-state index contributed by atoms with van der Waals surface area (Å²) in [5, 5.41) is 0. The molecule has 150 valence electrons. The van der Waals surface area contributed by atoms with E-state index < -0.39 is 0 Å². The predicted molar refractivity (Wildman–Crippen MR) is 113 cm³/mol. The standard InChI is InChI=1S/C26H22O4/c1-15-3-7-17(8-4-15)23-12-21(27)19-11-20-22(28)13-24(18-9-5-16(2)6-10-18)30-26(20)14-25(19)29-23/h3-11,14,23-24H,12-13H2,1-2H3/t23-,24+. The van der Waals surface area contributed by atoms with Crippen molar-refractivity contribution in [3.05, 3.63) is 94.0 Å². The Labute approximate surface area is 175 Å². The third-order valence-corrected chi connectivity index (χ3v) is 5.86. The highest BCUT2D eigenvalue weighted by Gasteiger charge is 2.34. The molecule has 0 amide bonds. The van der Waals surface area contributed by atoms with E-state index in [-0.39, 0.29) is 36.6 Å². The quantitative estimate of drug-likeness (QED) is 0.554. The molecule has 3 aromatic rings. The molecule has 2 aliphatic heterocycles. The van der Waals surface area contributed by atoms with Crippen LogP contribution < -0.4 is 9.47 Å². The summed E-state index contributed by atoms with van der Waals surface area (Å²) < 4.78 is 12.3. The van der Waals surface area contributed by atoms with Gasteiger partial charge in [-0.15, -0.1) is 0 Å². The minimum absolute atomic E-state index is 0.0157. The van der Waals surface area contributed by atoms with Gasteiger partial charge in [-0.25, -0.2) is 0 Å². The number of hydrogen-bond donors (Lipinski definition) is 0. The summed E-state index contributed by atoms with van der Waals surface area (Å²) in [7, 11) is 0. The van der Waals surface area contributed by atoms with Crippen molar-refractivity contribution in [1.29, 1.82) is 0 Å². The van der Waals surface area contributed by atoms with E-state index in [1.54, 1.807) is 12.1 Å². The van der Waals surface area contributed by atoms with Crippen LogP contribution in [0.25, 0.3) is 0 Å². The molecule has 0 saturated heterocycles. The fourth-order valence-corrected chi connectivity index (χ4v) is 4.07. The van der Waals surface area contributed by atoms with Gasteiger partial charge < -0.3 is 9.47 Å². The molecule has 2 aliphatic rings. The zero-order valence-electron chi connectivity index (χ0n) is 17.0. The summed E-state index contributed by atoms with van der Waals surface area (Å²) >= 11 is 0. The zero-order valence-corrected chi connectivity index (χ0v) is 17.0. The van der Waals surface area contributed by atoms with Gasteiger partial charge in [0.2, 0.25) is 0 Å². The number of fused-ring (bicyclic) bond motifs is 2. The summed E-state index contributed by atoms with van der Waals surface area (Å²) in [5.41, 5.74) is 5.17. The third-order valence-electron chi connectivity index (χ3n) is 5.86. The van der Waals surface area contributed by atoms with Crippen molar-refractivity contribution in [2.75, 3.05) is 0 Å². The topological polar surface area (TPSA) is 52.6 Å². The fourth-order valence-electron chi connectivity index (χ4n) is 4.07. The van der Waals surface area contributed by atoms with Gasteiger partial charge in [0.25, 0.3) is 0 Å². The van der Waals surface area contributed by atoms with Gasteiger partial charge in [0, 0.05) is 6.07 Å². The van der Waals surface area contributed by atoms with Crippen LogP contribution in [0, 0.1) is 13.8 Å². The van der Waals surface area contributed by atoms with Crippen molar-refractivity contribution in [3.8, 4) is 11.5 Å². The van der Waals surface area contributed by atoms with Gasteiger partial charge in [0.15, 0.2) is 11.6 Å². The summed E-state index contributed by atoms with van der Waals surface area (Å²) in [5.74, 6) is 0.928. The van der Waals surface area contributed by atoms with Crippen molar-refractivity contribution < 1.29 is 19.1 Å². The van der Waals surface area contributed by atoms with Gasteiger partial charge in [0.1, 0.15) is 23.7 Å². The van der Waals surface area contributed by atoms with Crippen LogP contribution in [0.4, 0.5) is 0 Å². The molecule has 4 nitrogen and oxygen atoms in total. The second-order valence-corrected chi connectivity index (χ2v) is 8.13. The Hall–Kier alpha value is -3.40. The second kappa shape index (κ2) is 7.13. The lowest BCUT2D eigenvalue weighted by molar-refractivity contribution is 0.0831. The van der Waals surface area contributed by atoms with Crippen LogP contribution in [-0.2, 0) is 0 Å². The summed E-state index contributed by atoms with van der Waals surface area (Å²) in [6.07, 6.45) is -0.155. The maximum absolute atomic E-state index is 12.8.